The summed E-state index contributed by atoms with van der Waals surface area (Å²) in [5.41, 5.74) is 3.83. The van der Waals surface area contributed by atoms with Crippen molar-refractivity contribution in [3.05, 3.63) is 22.8 Å². The van der Waals surface area contributed by atoms with Gasteiger partial charge in [-0.25, -0.2) is 0 Å². The quantitative estimate of drug-likeness (QED) is 0.564. The van der Waals surface area contributed by atoms with Crippen molar-refractivity contribution in [3.63, 3.8) is 0 Å². The summed E-state index contributed by atoms with van der Waals surface area (Å²) in [5, 5.41) is 18.9. The standard InChI is InChI=1S/C9H12BO2Si/c1-5-4-8(10(11)12)9(13)7(3)6(5)2/h4,11-12H,1-3H3. The summed E-state index contributed by atoms with van der Waals surface area (Å²) < 4.78 is 0. The van der Waals surface area contributed by atoms with Crippen LogP contribution in [-0.4, -0.2) is 27.4 Å². The first kappa shape index (κ1) is 10.5. The van der Waals surface area contributed by atoms with E-state index in [-0.39, 0.29) is 0 Å². The summed E-state index contributed by atoms with van der Waals surface area (Å²) in [6.07, 6.45) is 0. The third-order valence-electron chi connectivity index (χ3n) is 2.47. The zero-order chi connectivity index (χ0) is 10.2. The van der Waals surface area contributed by atoms with Gasteiger partial charge in [0.15, 0.2) is 0 Å². The second-order valence-electron chi connectivity index (χ2n) is 3.28. The molecule has 1 rings (SSSR count). The average Bonchev–Trinajstić information content (AvgIpc) is 2.07. The normalized spacial score (nSPS) is 10.3. The van der Waals surface area contributed by atoms with Crippen LogP contribution in [0.2, 0.25) is 0 Å². The van der Waals surface area contributed by atoms with Crippen LogP contribution < -0.4 is 10.6 Å². The second-order valence-corrected chi connectivity index (χ2v) is 3.78. The van der Waals surface area contributed by atoms with Gasteiger partial charge in [0.05, 0.1) is 10.2 Å². The molecule has 0 fully saturated rings. The molecule has 0 aliphatic heterocycles. The summed E-state index contributed by atoms with van der Waals surface area (Å²) in [7, 11) is 1.99. The van der Waals surface area contributed by atoms with E-state index in [9.17, 15) is 0 Å². The Bertz CT molecular complexity index is 337. The van der Waals surface area contributed by atoms with Crippen LogP contribution in [0, 0.1) is 20.8 Å². The maximum atomic E-state index is 9.07. The molecule has 0 unspecified atom stereocenters. The Hall–Kier alpha value is -0.578. The lowest BCUT2D eigenvalue weighted by atomic mass is 9.77. The van der Waals surface area contributed by atoms with Gasteiger partial charge in [0.25, 0.3) is 0 Å². The minimum atomic E-state index is -1.41. The molecule has 0 spiro atoms. The van der Waals surface area contributed by atoms with E-state index in [2.05, 4.69) is 10.2 Å². The van der Waals surface area contributed by atoms with Crippen LogP contribution in [0.5, 0.6) is 0 Å². The summed E-state index contributed by atoms with van der Waals surface area (Å²) in [6, 6.07) is 1.79. The van der Waals surface area contributed by atoms with E-state index >= 15 is 0 Å². The fraction of sp³-hybridized carbons (Fsp3) is 0.333. The van der Waals surface area contributed by atoms with Crippen molar-refractivity contribution in [3.8, 4) is 0 Å². The van der Waals surface area contributed by atoms with E-state index in [1.165, 1.54) is 5.56 Å². The number of aryl methyl sites for hydroxylation is 1. The molecule has 0 atom stereocenters. The van der Waals surface area contributed by atoms with Gasteiger partial charge in [-0.1, -0.05) is 11.3 Å². The minimum Gasteiger partial charge on any atom is -0.423 e. The lowest BCUT2D eigenvalue weighted by molar-refractivity contribution is 0.426. The maximum absolute atomic E-state index is 9.07. The number of hydrogen-bond acceptors (Lipinski definition) is 2. The molecule has 4 heteroatoms. The second kappa shape index (κ2) is 3.66. The Morgan fingerprint density at radius 1 is 1.15 bits per heavy atom. The minimum absolute atomic E-state index is 0.525. The molecule has 13 heavy (non-hydrogen) atoms. The molecule has 0 saturated carbocycles. The molecule has 2 N–H and O–H groups in total. The Labute approximate surface area is 82.2 Å². The topological polar surface area (TPSA) is 40.5 Å². The third-order valence-corrected chi connectivity index (χ3v) is 3.13. The third kappa shape index (κ3) is 1.85. The van der Waals surface area contributed by atoms with Crippen LogP contribution in [-0.2, 0) is 0 Å². The summed E-state index contributed by atoms with van der Waals surface area (Å²) in [5.74, 6) is 0. The van der Waals surface area contributed by atoms with Crippen molar-refractivity contribution >= 4 is 28.0 Å². The first-order chi connectivity index (χ1) is 5.95. The highest BCUT2D eigenvalue weighted by atomic mass is 28.1. The van der Waals surface area contributed by atoms with Crippen LogP contribution >= 0.6 is 0 Å². The molecule has 0 aliphatic carbocycles. The van der Waals surface area contributed by atoms with E-state index < -0.39 is 7.12 Å². The van der Waals surface area contributed by atoms with Crippen LogP contribution in [0.4, 0.5) is 0 Å². The van der Waals surface area contributed by atoms with Gasteiger partial charge in [0.2, 0.25) is 0 Å². The largest absolute Gasteiger partial charge is 0.488 e. The van der Waals surface area contributed by atoms with Crippen LogP contribution in [0.3, 0.4) is 0 Å². The lowest BCUT2D eigenvalue weighted by Gasteiger charge is -2.13. The first-order valence-corrected chi connectivity index (χ1v) is 4.63. The molecule has 0 bridgehead atoms. The molecule has 0 aromatic heterocycles. The molecule has 0 amide bonds. The van der Waals surface area contributed by atoms with Crippen molar-refractivity contribution in [2.45, 2.75) is 20.8 Å². The van der Waals surface area contributed by atoms with Crippen molar-refractivity contribution in [2.75, 3.05) is 0 Å². The number of benzene rings is 1. The molecule has 67 valence electrons. The van der Waals surface area contributed by atoms with Gasteiger partial charge in [-0.2, -0.15) is 0 Å². The fourth-order valence-electron chi connectivity index (χ4n) is 1.32. The average molecular weight is 191 g/mol. The first-order valence-electron chi connectivity index (χ1n) is 4.13. The molecule has 0 saturated heterocycles. The van der Waals surface area contributed by atoms with Crippen molar-refractivity contribution in [2.24, 2.45) is 0 Å². The van der Waals surface area contributed by atoms with E-state index in [0.29, 0.717) is 5.46 Å². The molecule has 3 radical (unpaired) electrons. The van der Waals surface area contributed by atoms with Crippen molar-refractivity contribution in [1.29, 1.82) is 0 Å². The van der Waals surface area contributed by atoms with Gasteiger partial charge in [-0.3, -0.25) is 0 Å². The Morgan fingerprint density at radius 3 is 2.15 bits per heavy atom. The Morgan fingerprint density at radius 2 is 1.69 bits per heavy atom. The predicted molar refractivity (Wildman–Crippen MR) is 55.9 cm³/mol. The summed E-state index contributed by atoms with van der Waals surface area (Å²) in [4.78, 5) is 0. The van der Waals surface area contributed by atoms with Crippen LogP contribution in [0.1, 0.15) is 16.7 Å². The molecule has 1 aromatic rings. The lowest BCUT2D eigenvalue weighted by Crippen LogP contribution is -2.43. The predicted octanol–water partition coefficient (Wildman–Crippen LogP) is -0.915. The monoisotopic (exact) mass is 191 g/mol. The maximum Gasteiger partial charge on any atom is 0.488 e. The van der Waals surface area contributed by atoms with Crippen LogP contribution in [0.25, 0.3) is 0 Å². The van der Waals surface area contributed by atoms with E-state index in [0.717, 1.165) is 16.3 Å². The van der Waals surface area contributed by atoms with Gasteiger partial charge in [0, 0.05) is 0 Å². The molecule has 2 nitrogen and oxygen atoms in total. The summed E-state index contributed by atoms with van der Waals surface area (Å²) in [6.45, 7) is 5.93. The zero-order valence-electron chi connectivity index (χ0n) is 8.05. The highest BCUT2D eigenvalue weighted by Gasteiger charge is 2.16. The molecule has 0 aliphatic rings. The molecule has 1 aromatic carbocycles. The smallest absolute Gasteiger partial charge is 0.423 e. The van der Waals surface area contributed by atoms with Crippen molar-refractivity contribution in [1.82, 2.24) is 0 Å². The van der Waals surface area contributed by atoms with Gasteiger partial charge in [-0.05, 0) is 42.9 Å². The molecular weight excluding hydrogens is 179 g/mol. The van der Waals surface area contributed by atoms with E-state index in [1.54, 1.807) is 6.07 Å². The molecule has 0 heterocycles. The van der Waals surface area contributed by atoms with Gasteiger partial charge in [-0.15, -0.1) is 0 Å². The number of hydrogen-bond donors (Lipinski definition) is 2. The zero-order valence-corrected chi connectivity index (χ0v) is 9.05. The van der Waals surface area contributed by atoms with Gasteiger partial charge >= 0.3 is 7.12 Å². The molecular formula is C9H12BO2Si. The Balaban J connectivity index is 3.41. The van der Waals surface area contributed by atoms with E-state index in [4.69, 9.17) is 10.0 Å². The SMILES string of the molecule is Cc1cc(B(O)O)c([Si])c(C)c1C. The highest BCUT2D eigenvalue weighted by molar-refractivity contribution is 6.65. The van der Waals surface area contributed by atoms with Crippen molar-refractivity contribution < 1.29 is 10.0 Å². The van der Waals surface area contributed by atoms with Crippen LogP contribution in [0.15, 0.2) is 6.07 Å². The summed E-state index contributed by atoms with van der Waals surface area (Å²) >= 11 is 0. The highest BCUT2D eigenvalue weighted by Crippen LogP contribution is 2.07. The Kier molecular flexibility index (Phi) is 2.95. The fourth-order valence-corrected chi connectivity index (χ4v) is 1.71. The van der Waals surface area contributed by atoms with Gasteiger partial charge < -0.3 is 10.0 Å². The number of rotatable bonds is 1. The van der Waals surface area contributed by atoms with Gasteiger partial charge in [0.1, 0.15) is 0 Å². The van der Waals surface area contributed by atoms with E-state index in [1.807, 2.05) is 20.8 Å².